The van der Waals surface area contributed by atoms with Gasteiger partial charge in [0.2, 0.25) is 5.82 Å². The number of nitro groups is 1. The first kappa shape index (κ1) is 16.6. The van der Waals surface area contributed by atoms with Gasteiger partial charge in [-0.25, -0.2) is 12.4 Å². The number of benzene rings is 2. The molecule has 0 aliphatic carbocycles. The van der Waals surface area contributed by atoms with Crippen molar-refractivity contribution >= 4 is 32.4 Å². The van der Waals surface area contributed by atoms with Crippen LogP contribution < -0.4 is 4.90 Å². The number of rotatable bonds is 4. The van der Waals surface area contributed by atoms with Gasteiger partial charge in [-0.2, -0.15) is 0 Å². The van der Waals surface area contributed by atoms with Crippen LogP contribution in [0, 0.1) is 10.1 Å². The van der Waals surface area contributed by atoms with Gasteiger partial charge in [0.25, 0.3) is 10.0 Å². The van der Waals surface area contributed by atoms with Gasteiger partial charge in [-0.1, -0.05) is 30.3 Å². The van der Waals surface area contributed by atoms with E-state index in [4.69, 9.17) is 0 Å². The van der Waals surface area contributed by atoms with Crippen molar-refractivity contribution in [3.8, 4) is 0 Å². The zero-order valence-electron chi connectivity index (χ0n) is 13.9. The Bertz CT molecular complexity index is 1080. The summed E-state index contributed by atoms with van der Waals surface area (Å²) in [6, 6.07) is 14.6. The summed E-state index contributed by atoms with van der Waals surface area (Å²) in [7, 11) is -3.98. The molecule has 1 aromatic heterocycles. The fourth-order valence-electron chi connectivity index (χ4n) is 3.51. The van der Waals surface area contributed by atoms with Gasteiger partial charge < -0.3 is 4.90 Å². The molecule has 0 unspecified atom stereocenters. The van der Waals surface area contributed by atoms with Crippen LogP contribution in [-0.2, 0) is 10.0 Å². The Morgan fingerprint density at radius 1 is 0.923 bits per heavy atom. The molecule has 1 fully saturated rings. The van der Waals surface area contributed by atoms with E-state index in [9.17, 15) is 18.5 Å². The van der Waals surface area contributed by atoms with Crippen LogP contribution in [0.15, 0.2) is 59.5 Å². The van der Waals surface area contributed by atoms with Gasteiger partial charge in [-0.15, -0.1) is 0 Å². The summed E-state index contributed by atoms with van der Waals surface area (Å²) >= 11 is 0. The predicted molar refractivity (Wildman–Crippen MR) is 99.1 cm³/mol. The Morgan fingerprint density at radius 2 is 1.54 bits per heavy atom. The van der Waals surface area contributed by atoms with Crippen molar-refractivity contribution in [3.05, 3.63) is 64.7 Å². The molecule has 8 heteroatoms. The van der Waals surface area contributed by atoms with Crippen LogP contribution >= 0.6 is 0 Å². The molecule has 7 nitrogen and oxygen atoms in total. The molecule has 3 aromatic rings. The van der Waals surface area contributed by atoms with E-state index in [0.717, 1.165) is 16.8 Å². The van der Waals surface area contributed by atoms with E-state index in [2.05, 4.69) is 0 Å². The molecule has 0 radical (unpaired) electrons. The summed E-state index contributed by atoms with van der Waals surface area (Å²) in [5.74, 6) is 0.151. The third-order valence-electron chi connectivity index (χ3n) is 4.65. The van der Waals surface area contributed by atoms with Crippen molar-refractivity contribution in [2.75, 3.05) is 18.0 Å². The Balaban J connectivity index is 2.11. The molecule has 2 aromatic carbocycles. The molecule has 4 rings (SSSR count). The molecule has 2 heterocycles. The van der Waals surface area contributed by atoms with E-state index in [0.29, 0.717) is 24.0 Å². The molecule has 1 aliphatic rings. The van der Waals surface area contributed by atoms with Crippen LogP contribution in [0.2, 0.25) is 0 Å². The topological polar surface area (TPSA) is 85.4 Å². The van der Waals surface area contributed by atoms with Gasteiger partial charge in [-0.3, -0.25) is 10.1 Å². The van der Waals surface area contributed by atoms with E-state index < -0.39 is 14.9 Å². The van der Waals surface area contributed by atoms with Crippen molar-refractivity contribution < 1.29 is 13.3 Å². The van der Waals surface area contributed by atoms with E-state index in [-0.39, 0.29) is 16.4 Å². The summed E-state index contributed by atoms with van der Waals surface area (Å²) in [4.78, 5) is 13.3. The first-order chi connectivity index (χ1) is 12.5. The molecule has 134 valence electrons. The lowest BCUT2D eigenvalue weighted by Crippen LogP contribution is -2.25. The minimum absolute atomic E-state index is 0.107. The first-order valence-electron chi connectivity index (χ1n) is 8.35. The predicted octanol–water partition coefficient (Wildman–Crippen LogP) is 3.39. The van der Waals surface area contributed by atoms with Crippen molar-refractivity contribution in [1.82, 2.24) is 3.97 Å². The molecule has 0 bridgehead atoms. The van der Waals surface area contributed by atoms with Crippen molar-refractivity contribution in [3.63, 3.8) is 0 Å². The second kappa shape index (κ2) is 6.14. The number of aromatic nitrogens is 1. The molecule has 0 atom stereocenters. The van der Waals surface area contributed by atoms with Crippen LogP contribution in [0.3, 0.4) is 0 Å². The number of para-hydroxylation sites is 1. The Labute approximate surface area is 150 Å². The lowest BCUT2D eigenvalue weighted by Gasteiger charge is -2.19. The monoisotopic (exact) mass is 371 g/mol. The minimum Gasteiger partial charge on any atom is -0.351 e. The first-order valence-corrected chi connectivity index (χ1v) is 9.79. The maximum atomic E-state index is 13.4. The van der Waals surface area contributed by atoms with Crippen LogP contribution in [0.5, 0.6) is 0 Å². The summed E-state index contributed by atoms with van der Waals surface area (Å²) in [5, 5.41) is 12.2. The average Bonchev–Trinajstić information content (AvgIpc) is 3.28. The molecular weight excluding hydrogens is 354 g/mol. The van der Waals surface area contributed by atoms with Crippen molar-refractivity contribution in [1.29, 1.82) is 0 Å². The third-order valence-corrected chi connectivity index (χ3v) is 6.37. The van der Waals surface area contributed by atoms with Gasteiger partial charge in [0, 0.05) is 13.1 Å². The Morgan fingerprint density at radius 3 is 2.19 bits per heavy atom. The number of hydrogen-bond donors (Lipinski definition) is 0. The van der Waals surface area contributed by atoms with Crippen LogP contribution in [-0.4, -0.2) is 30.4 Å². The zero-order chi connectivity index (χ0) is 18.3. The molecule has 0 spiro atoms. The normalized spacial score (nSPS) is 14.8. The zero-order valence-corrected chi connectivity index (χ0v) is 14.7. The van der Waals surface area contributed by atoms with Gasteiger partial charge in [0.15, 0.2) is 0 Å². The van der Waals surface area contributed by atoms with E-state index in [1.165, 1.54) is 12.1 Å². The molecule has 0 saturated carbocycles. The second-order valence-electron chi connectivity index (χ2n) is 6.22. The van der Waals surface area contributed by atoms with Crippen LogP contribution in [0.1, 0.15) is 12.8 Å². The quantitative estimate of drug-likeness (QED) is 0.518. The molecule has 1 saturated heterocycles. The summed E-state index contributed by atoms with van der Waals surface area (Å²) in [6.07, 6.45) is 1.76. The van der Waals surface area contributed by atoms with Crippen molar-refractivity contribution in [2.45, 2.75) is 17.7 Å². The largest absolute Gasteiger partial charge is 0.351 e. The molecule has 0 amide bonds. The SMILES string of the molecule is O=[N+]([O-])c1c(N2CCCC2)n(S(=O)(=O)c2ccccc2)c2ccccc12. The van der Waals surface area contributed by atoms with Crippen LogP contribution in [0.25, 0.3) is 10.9 Å². The highest BCUT2D eigenvalue weighted by Crippen LogP contribution is 2.42. The highest BCUT2D eigenvalue weighted by atomic mass is 32.2. The third kappa shape index (κ3) is 2.45. The number of anilines is 1. The maximum absolute atomic E-state index is 13.4. The van der Waals surface area contributed by atoms with Gasteiger partial charge >= 0.3 is 5.69 Å². The highest BCUT2D eigenvalue weighted by Gasteiger charge is 2.36. The Hall–Kier alpha value is -2.87. The molecule has 0 N–H and O–H groups in total. The number of hydrogen-bond acceptors (Lipinski definition) is 5. The number of nitrogens with zero attached hydrogens (tertiary/aromatic N) is 3. The smallest absolute Gasteiger partial charge is 0.320 e. The maximum Gasteiger partial charge on any atom is 0.320 e. The second-order valence-corrected chi connectivity index (χ2v) is 8.01. The lowest BCUT2D eigenvalue weighted by molar-refractivity contribution is -0.382. The summed E-state index contributed by atoms with van der Waals surface area (Å²) in [6.45, 7) is 1.20. The van der Waals surface area contributed by atoms with E-state index in [1.807, 2.05) is 0 Å². The van der Waals surface area contributed by atoms with Gasteiger partial charge in [-0.05, 0) is 37.1 Å². The summed E-state index contributed by atoms with van der Waals surface area (Å²) < 4.78 is 27.9. The summed E-state index contributed by atoms with van der Waals surface area (Å²) in [5.41, 5.74) is 0.173. The molecular formula is C18H17N3O4S. The van der Waals surface area contributed by atoms with Crippen molar-refractivity contribution in [2.24, 2.45) is 0 Å². The lowest BCUT2D eigenvalue weighted by atomic mass is 10.2. The Kier molecular flexibility index (Phi) is 3.91. The minimum atomic E-state index is -3.98. The number of fused-ring (bicyclic) bond motifs is 1. The highest BCUT2D eigenvalue weighted by molar-refractivity contribution is 7.90. The molecule has 26 heavy (non-hydrogen) atoms. The van der Waals surface area contributed by atoms with Gasteiger partial charge in [0.1, 0.15) is 0 Å². The standard InChI is InChI=1S/C18H17N3O4S/c22-21(23)17-15-10-4-5-11-16(15)20(18(17)19-12-6-7-13-19)26(24,25)14-8-2-1-3-9-14/h1-5,8-11H,6-7,12-13H2. The van der Waals surface area contributed by atoms with Gasteiger partial charge in [0.05, 0.1) is 20.7 Å². The van der Waals surface area contributed by atoms with Crippen LogP contribution in [0.4, 0.5) is 11.5 Å². The average molecular weight is 371 g/mol. The fourth-order valence-corrected chi connectivity index (χ4v) is 5.07. The van der Waals surface area contributed by atoms with E-state index >= 15 is 0 Å². The van der Waals surface area contributed by atoms with E-state index in [1.54, 1.807) is 47.4 Å². The molecule has 1 aliphatic heterocycles. The fraction of sp³-hybridized carbons (Fsp3) is 0.222.